The Balaban J connectivity index is 1.75. The normalized spacial score (nSPS) is 11.7. The van der Waals surface area contributed by atoms with Crippen LogP contribution in [0.25, 0.3) is 0 Å². The van der Waals surface area contributed by atoms with E-state index in [9.17, 15) is 9.59 Å². The van der Waals surface area contributed by atoms with E-state index in [4.69, 9.17) is 16.0 Å². The second-order valence-corrected chi connectivity index (χ2v) is 5.20. The fourth-order valence-electron chi connectivity index (χ4n) is 1.95. The van der Waals surface area contributed by atoms with Gasteiger partial charge in [-0.2, -0.15) is 0 Å². The molecule has 1 aromatic heterocycles. The highest BCUT2D eigenvalue weighted by Crippen LogP contribution is 2.14. The van der Waals surface area contributed by atoms with Crippen molar-refractivity contribution in [2.75, 3.05) is 6.54 Å². The SMILES string of the molecule is C[C@@H](NC(=O)CCNC(=O)c1ccccc1Cl)c1ccco1. The van der Waals surface area contributed by atoms with E-state index in [1.807, 2.05) is 6.92 Å². The lowest BCUT2D eigenvalue weighted by atomic mass is 10.2. The monoisotopic (exact) mass is 320 g/mol. The summed E-state index contributed by atoms with van der Waals surface area (Å²) in [5.74, 6) is 0.231. The average molecular weight is 321 g/mol. The third-order valence-corrected chi connectivity index (χ3v) is 3.43. The summed E-state index contributed by atoms with van der Waals surface area (Å²) in [6, 6.07) is 10.1. The summed E-state index contributed by atoms with van der Waals surface area (Å²) in [4.78, 5) is 23.7. The summed E-state index contributed by atoms with van der Waals surface area (Å²) < 4.78 is 5.21. The van der Waals surface area contributed by atoms with Crippen LogP contribution in [0.2, 0.25) is 5.02 Å². The Kier molecular flexibility index (Phi) is 5.61. The first kappa shape index (κ1) is 16.1. The van der Waals surface area contributed by atoms with Gasteiger partial charge in [-0.15, -0.1) is 0 Å². The minimum absolute atomic E-state index is 0.164. The van der Waals surface area contributed by atoms with Gasteiger partial charge >= 0.3 is 0 Å². The van der Waals surface area contributed by atoms with Crippen molar-refractivity contribution in [3.05, 3.63) is 59.0 Å². The molecule has 2 rings (SSSR count). The van der Waals surface area contributed by atoms with Crippen molar-refractivity contribution in [1.29, 1.82) is 0 Å². The Morgan fingerprint density at radius 1 is 1.23 bits per heavy atom. The topological polar surface area (TPSA) is 71.3 Å². The molecule has 0 unspecified atom stereocenters. The maximum Gasteiger partial charge on any atom is 0.252 e. The Labute approximate surface area is 133 Å². The van der Waals surface area contributed by atoms with E-state index >= 15 is 0 Å². The third kappa shape index (κ3) is 4.36. The second-order valence-electron chi connectivity index (χ2n) is 4.79. The molecule has 0 saturated carbocycles. The van der Waals surface area contributed by atoms with Crippen molar-refractivity contribution in [2.45, 2.75) is 19.4 Å². The summed E-state index contributed by atoms with van der Waals surface area (Å²) in [5.41, 5.74) is 0.397. The van der Waals surface area contributed by atoms with Gasteiger partial charge in [-0.05, 0) is 31.2 Å². The van der Waals surface area contributed by atoms with Crippen molar-refractivity contribution < 1.29 is 14.0 Å². The molecule has 0 bridgehead atoms. The van der Waals surface area contributed by atoms with Gasteiger partial charge in [0, 0.05) is 13.0 Å². The molecule has 0 aliphatic carbocycles. The molecule has 2 aromatic rings. The van der Waals surface area contributed by atoms with Crippen LogP contribution < -0.4 is 10.6 Å². The highest BCUT2D eigenvalue weighted by Gasteiger charge is 2.13. The van der Waals surface area contributed by atoms with Gasteiger partial charge in [0.25, 0.3) is 5.91 Å². The summed E-state index contributed by atoms with van der Waals surface area (Å²) in [5, 5.41) is 5.85. The molecule has 6 heteroatoms. The van der Waals surface area contributed by atoms with Crippen molar-refractivity contribution in [3.8, 4) is 0 Å². The van der Waals surface area contributed by atoms with Crippen molar-refractivity contribution >= 4 is 23.4 Å². The molecule has 2 N–H and O–H groups in total. The first-order valence-corrected chi connectivity index (χ1v) is 7.31. The molecule has 22 heavy (non-hydrogen) atoms. The number of nitrogens with one attached hydrogen (secondary N) is 2. The Hall–Kier alpha value is -2.27. The molecule has 1 aromatic carbocycles. The first-order valence-electron chi connectivity index (χ1n) is 6.93. The Bertz CT molecular complexity index is 641. The molecule has 2 amide bonds. The number of hydrogen-bond donors (Lipinski definition) is 2. The quantitative estimate of drug-likeness (QED) is 0.859. The number of benzene rings is 1. The number of carbonyl (C=O) groups is 2. The highest BCUT2D eigenvalue weighted by molar-refractivity contribution is 6.33. The first-order chi connectivity index (χ1) is 10.6. The van der Waals surface area contributed by atoms with Crippen LogP contribution in [0.1, 0.15) is 35.5 Å². The minimum Gasteiger partial charge on any atom is -0.467 e. The van der Waals surface area contributed by atoms with E-state index in [-0.39, 0.29) is 30.8 Å². The highest BCUT2D eigenvalue weighted by atomic mass is 35.5. The molecular formula is C16H17ClN2O3. The summed E-state index contributed by atoms with van der Waals surface area (Å²) in [7, 11) is 0. The maximum absolute atomic E-state index is 11.9. The van der Waals surface area contributed by atoms with E-state index in [0.717, 1.165) is 0 Å². The van der Waals surface area contributed by atoms with Crippen LogP contribution in [0.15, 0.2) is 47.1 Å². The average Bonchev–Trinajstić information content (AvgIpc) is 3.01. The molecule has 116 valence electrons. The van der Waals surface area contributed by atoms with Crippen LogP contribution >= 0.6 is 11.6 Å². The van der Waals surface area contributed by atoms with Crippen molar-refractivity contribution in [1.82, 2.24) is 10.6 Å². The Morgan fingerprint density at radius 3 is 2.68 bits per heavy atom. The van der Waals surface area contributed by atoms with Crippen molar-refractivity contribution in [3.63, 3.8) is 0 Å². The predicted molar refractivity (Wildman–Crippen MR) is 83.7 cm³/mol. The number of hydrogen-bond acceptors (Lipinski definition) is 3. The maximum atomic E-state index is 11.9. The number of amides is 2. The van der Waals surface area contributed by atoms with Crippen molar-refractivity contribution in [2.24, 2.45) is 0 Å². The summed E-state index contributed by atoms with van der Waals surface area (Å²) in [6.07, 6.45) is 1.74. The van der Waals surface area contributed by atoms with E-state index in [0.29, 0.717) is 16.3 Å². The van der Waals surface area contributed by atoms with Crippen LogP contribution in [-0.4, -0.2) is 18.4 Å². The summed E-state index contributed by atoms with van der Waals surface area (Å²) >= 11 is 5.94. The lowest BCUT2D eigenvalue weighted by Crippen LogP contribution is -2.32. The van der Waals surface area contributed by atoms with Gasteiger partial charge in [0.05, 0.1) is 22.9 Å². The molecule has 0 aliphatic heterocycles. The fourth-order valence-corrected chi connectivity index (χ4v) is 2.17. The van der Waals surface area contributed by atoms with E-state index < -0.39 is 0 Å². The molecule has 0 aliphatic rings. The van der Waals surface area contributed by atoms with Gasteiger partial charge in [-0.25, -0.2) is 0 Å². The smallest absolute Gasteiger partial charge is 0.252 e. The van der Waals surface area contributed by atoms with Gasteiger partial charge in [0.15, 0.2) is 0 Å². The largest absolute Gasteiger partial charge is 0.467 e. The molecule has 1 heterocycles. The van der Waals surface area contributed by atoms with Crippen LogP contribution in [0.4, 0.5) is 0 Å². The molecule has 0 spiro atoms. The molecule has 0 fully saturated rings. The number of rotatable bonds is 6. The lowest BCUT2D eigenvalue weighted by molar-refractivity contribution is -0.121. The van der Waals surface area contributed by atoms with Crippen LogP contribution in [0, 0.1) is 0 Å². The minimum atomic E-state index is -0.294. The fraction of sp³-hybridized carbons (Fsp3) is 0.250. The summed E-state index contributed by atoms with van der Waals surface area (Å²) in [6.45, 7) is 2.07. The Morgan fingerprint density at radius 2 is 2.00 bits per heavy atom. The van der Waals surface area contributed by atoms with Crippen LogP contribution in [0.5, 0.6) is 0 Å². The van der Waals surface area contributed by atoms with Crippen LogP contribution in [0.3, 0.4) is 0 Å². The van der Waals surface area contributed by atoms with E-state index in [1.165, 1.54) is 0 Å². The molecule has 5 nitrogen and oxygen atoms in total. The lowest BCUT2D eigenvalue weighted by Gasteiger charge is -2.12. The number of halogens is 1. The van der Waals surface area contributed by atoms with Gasteiger partial charge < -0.3 is 15.1 Å². The zero-order chi connectivity index (χ0) is 15.9. The van der Waals surface area contributed by atoms with Gasteiger partial charge in [-0.3, -0.25) is 9.59 Å². The van der Waals surface area contributed by atoms with Gasteiger partial charge in [-0.1, -0.05) is 23.7 Å². The zero-order valence-electron chi connectivity index (χ0n) is 12.1. The third-order valence-electron chi connectivity index (χ3n) is 3.10. The van der Waals surface area contributed by atoms with Gasteiger partial charge in [0.2, 0.25) is 5.91 Å². The van der Waals surface area contributed by atoms with Gasteiger partial charge in [0.1, 0.15) is 5.76 Å². The zero-order valence-corrected chi connectivity index (χ0v) is 12.9. The number of furan rings is 1. The van der Waals surface area contributed by atoms with Crippen LogP contribution in [-0.2, 0) is 4.79 Å². The van der Waals surface area contributed by atoms with E-state index in [2.05, 4.69) is 10.6 Å². The predicted octanol–water partition coefficient (Wildman–Crippen LogP) is 2.93. The van der Waals surface area contributed by atoms with E-state index in [1.54, 1.807) is 42.7 Å². The molecule has 0 radical (unpaired) electrons. The molecular weight excluding hydrogens is 304 g/mol. The molecule has 1 atom stereocenters. The molecule has 0 saturated heterocycles. The standard InChI is InChI=1S/C16H17ClN2O3/c1-11(14-7-4-10-22-14)19-15(20)8-9-18-16(21)12-5-2-3-6-13(12)17/h2-7,10-11H,8-9H2,1H3,(H,18,21)(H,19,20)/t11-/m1/s1. The number of carbonyl (C=O) groups excluding carboxylic acids is 2. The second kappa shape index (κ2) is 7.66.